The highest BCUT2D eigenvalue weighted by atomic mass is 16.1. The number of nitrogens with one attached hydrogen (secondary N) is 1. The van der Waals surface area contributed by atoms with Crippen molar-refractivity contribution >= 4 is 6.29 Å². The Morgan fingerprint density at radius 2 is 2.50 bits per heavy atom. The van der Waals surface area contributed by atoms with Gasteiger partial charge < -0.3 is 5.32 Å². The van der Waals surface area contributed by atoms with Gasteiger partial charge in [0.15, 0.2) is 0 Å². The Hall–Kier alpha value is -1.05. The average Bonchev–Trinajstić information content (AvgIpc) is 2.41. The molecule has 2 nitrogen and oxygen atoms in total. The molecule has 1 rings (SSSR count). The van der Waals surface area contributed by atoms with Gasteiger partial charge in [0, 0.05) is 11.9 Å². The standard InChI is InChI=1S/C8H11NO/c10-7-3-6-9-8-4-1-2-5-8/h3-4,6-7,9H,1-2,5H2/b6-3-. The summed E-state index contributed by atoms with van der Waals surface area (Å²) in [6, 6.07) is 0. The van der Waals surface area contributed by atoms with E-state index in [0.717, 1.165) is 19.1 Å². The lowest BCUT2D eigenvalue weighted by Gasteiger charge is -1.97. The fourth-order valence-electron chi connectivity index (χ4n) is 0.996. The maximum Gasteiger partial charge on any atom is 0.144 e. The minimum Gasteiger partial charge on any atom is -0.365 e. The normalized spacial score (nSPS) is 17.4. The summed E-state index contributed by atoms with van der Waals surface area (Å²) in [5.74, 6) is 0. The predicted octanol–water partition coefficient (Wildman–Crippen LogP) is 1.36. The Morgan fingerprint density at radius 1 is 1.60 bits per heavy atom. The second-order valence-electron chi connectivity index (χ2n) is 2.26. The number of carbonyl (C=O) groups is 1. The van der Waals surface area contributed by atoms with Crippen LogP contribution in [0.3, 0.4) is 0 Å². The van der Waals surface area contributed by atoms with Gasteiger partial charge in [-0.25, -0.2) is 0 Å². The molecule has 1 N–H and O–H groups in total. The van der Waals surface area contributed by atoms with Crippen LogP contribution in [0.15, 0.2) is 24.0 Å². The number of rotatable bonds is 3. The minimum atomic E-state index is 0.766. The third-order valence-corrected chi connectivity index (χ3v) is 1.48. The summed E-state index contributed by atoms with van der Waals surface area (Å²) in [5.41, 5.74) is 1.23. The fraction of sp³-hybridized carbons (Fsp3) is 0.375. The molecule has 0 amide bonds. The Bertz CT molecular complexity index is 170. The average molecular weight is 137 g/mol. The molecule has 1 aliphatic carbocycles. The quantitative estimate of drug-likeness (QED) is 0.470. The minimum absolute atomic E-state index is 0.766. The van der Waals surface area contributed by atoms with Gasteiger partial charge in [-0.3, -0.25) is 4.79 Å². The van der Waals surface area contributed by atoms with Gasteiger partial charge in [0.25, 0.3) is 0 Å². The molecule has 0 saturated carbocycles. The van der Waals surface area contributed by atoms with Crippen LogP contribution in [0.1, 0.15) is 19.3 Å². The molecule has 54 valence electrons. The van der Waals surface area contributed by atoms with Crippen LogP contribution in [0, 0.1) is 0 Å². The number of carbonyl (C=O) groups excluding carboxylic acids is 1. The molecule has 0 saturated heterocycles. The second-order valence-corrected chi connectivity index (χ2v) is 2.26. The van der Waals surface area contributed by atoms with Crippen LogP contribution in [0.25, 0.3) is 0 Å². The Labute approximate surface area is 60.6 Å². The van der Waals surface area contributed by atoms with E-state index in [4.69, 9.17) is 0 Å². The van der Waals surface area contributed by atoms with Gasteiger partial charge in [-0.05, 0) is 25.3 Å². The van der Waals surface area contributed by atoms with Crippen LogP contribution < -0.4 is 5.32 Å². The van der Waals surface area contributed by atoms with Gasteiger partial charge in [-0.2, -0.15) is 0 Å². The molecule has 0 heterocycles. The van der Waals surface area contributed by atoms with Crippen molar-refractivity contribution in [3.63, 3.8) is 0 Å². The number of aldehydes is 1. The summed E-state index contributed by atoms with van der Waals surface area (Å²) < 4.78 is 0. The molecular formula is C8H11NO. The van der Waals surface area contributed by atoms with Crippen molar-refractivity contribution in [1.29, 1.82) is 0 Å². The number of allylic oxidation sites excluding steroid dienone is 3. The zero-order valence-electron chi connectivity index (χ0n) is 5.84. The van der Waals surface area contributed by atoms with E-state index < -0.39 is 0 Å². The lowest BCUT2D eigenvalue weighted by atomic mass is 10.3. The molecule has 10 heavy (non-hydrogen) atoms. The van der Waals surface area contributed by atoms with E-state index in [1.807, 2.05) is 0 Å². The van der Waals surface area contributed by atoms with Crippen LogP contribution >= 0.6 is 0 Å². The Kier molecular flexibility index (Phi) is 2.74. The van der Waals surface area contributed by atoms with E-state index in [-0.39, 0.29) is 0 Å². The highest BCUT2D eigenvalue weighted by Crippen LogP contribution is 2.13. The van der Waals surface area contributed by atoms with E-state index in [2.05, 4.69) is 11.4 Å². The first-order chi connectivity index (χ1) is 4.93. The predicted molar refractivity (Wildman–Crippen MR) is 40.3 cm³/mol. The monoisotopic (exact) mass is 137 g/mol. The number of hydrogen-bond acceptors (Lipinski definition) is 2. The van der Waals surface area contributed by atoms with Crippen LogP contribution in [-0.4, -0.2) is 6.29 Å². The smallest absolute Gasteiger partial charge is 0.144 e. The lowest BCUT2D eigenvalue weighted by Crippen LogP contribution is -2.01. The second kappa shape index (κ2) is 3.88. The highest BCUT2D eigenvalue weighted by molar-refractivity contribution is 5.64. The van der Waals surface area contributed by atoms with Gasteiger partial charge in [0.05, 0.1) is 0 Å². The summed E-state index contributed by atoms with van der Waals surface area (Å²) in [4.78, 5) is 9.83. The van der Waals surface area contributed by atoms with E-state index >= 15 is 0 Å². The van der Waals surface area contributed by atoms with Gasteiger partial charge in [-0.1, -0.05) is 6.08 Å². The summed E-state index contributed by atoms with van der Waals surface area (Å²) >= 11 is 0. The SMILES string of the molecule is O=C/C=C\NC1=CCCC1. The van der Waals surface area contributed by atoms with Crippen molar-refractivity contribution in [3.8, 4) is 0 Å². The van der Waals surface area contributed by atoms with Crippen molar-refractivity contribution in [2.75, 3.05) is 0 Å². The van der Waals surface area contributed by atoms with E-state index in [1.165, 1.54) is 18.2 Å². The summed E-state index contributed by atoms with van der Waals surface area (Å²) in [5, 5.41) is 3.03. The molecule has 0 bridgehead atoms. The van der Waals surface area contributed by atoms with E-state index in [0.29, 0.717) is 0 Å². The van der Waals surface area contributed by atoms with E-state index in [9.17, 15) is 4.79 Å². The molecule has 0 fully saturated rings. The first-order valence-electron chi connectivity index (χ1n) is 3.49. The largest absolute Gasteiger partial charge is 0.365 e. The molecule has 0 aromatic heterocycles. The van der Waals surface area contributed by atoms with Crippen molar-refractivity contribution in [2.24, 2.45) is 0 Å². The van der Waals surface area contributed by atoms with Gasteiger partial charge >= 0.3 is 0 Å². The van der Waals surface area contributed by atoms with Crippen molar-refractivity contribution in [1.82, 2.24) is 5.32 Å². The zero-order chi connectivity index (χ0) is 7.23. The third-order valence-electron chi connectivity index (χ3n) is 1.48. The molecule has 0 spiro atoms. The van der Waals surface area contributed by atoms with Crippen LogP contribution in [0.4, 0.5) is 0 Å². The molecule has 2 heteroatoms. The van der Waals surface area contributed by atoms with Gasteiger partial charge in [-0.15, -0.1) is 0 Å². The topological polar surface area (TPSA) is 29.1 Å². The molecule has 0 aliphatic heterocycles. The molecular weight excluding hydrogens is 126 g/mol. The summed E-state index contributed by atoms with van der Waals surface area (Å²) in [7, 11) is 0. The van der Waals surface area contributed by atoms with Crippen LogP contribution in [0.2, 0.25) is 0 Å². The van der Waals surface area contributed by atoms with Crippen LogP contribution in [0.5, 0.6) is 0 Å². The number of hydrogen-bond donors (Lipinski definition) is 1. The molecule has 0 aromatic carbocycles. The summed E-state index contributed by atoms with van der Waals surface area (Å²) in [6.07, 6.45) is 9.57. The fourth-order valence-corrected chi connectivity index (χ4v) is 0.996. The van der Waals surface area contributed by atoms with Gasteiger partial charge in [0.2, 0.25) is 0 Å². The zero-order valence-corrected chi connectivity index (χ0v) is 5.84. The molecule has 1 aliphatic rings. The first kappa shape index (κ1) is 7.06. The van der Waals surface area contributed by atoms with Crippen LogP contribution in [-0.2, 0) is 4.79 Å². The first-order valence-corrected chi connectivity index (χ1v) is 3.49. The Balaban J connectivity index is 2.24. The molecule has 0 unspecified atom stereocenters. The van der Waals surface area contributed by atoms with Gasteiger partial charge in [0.1, 0.15) is 6.29 Å². The molecule has 0 radical (unpaired) electrons. The molecule has 0 aromatic rings. The maximum atomic E-state index is 9.83. The highest BCUT2D eigenvalue weighted by Gasteiger charge is 2.00. The van der Waals surface area contributed by atoms with Crippen molar-refractivity contribution < 1.29 is 4.79 Å². The Morgan fingerprint density at radius 3 is 3.10 bits per heavy atom. The molecule has 0 atom stereocenters. The van der Waals surface area contributed by atoms with Crippen molar-refractivity contribution in [2.45, 2.75) is 19.3 Å². The summed E-state index contributed by atoms with van der Waals surface area (Å²) in [6.45, 7) is 0. The lowest BCUT2D eigenvalue weighted by molar-refractivity contribution is -0.104. The van der Waals surface area contributed by atoms with Crippen molar-refractivity contribution in [3.05, 3.63) is 24.0 Å². The van der Waals surface area contributed by atoms with E-state index in [1.54, 1.807) is 6.20 Å². The maximum absolute atomic E-state index is 9.83. The third kappa shape index (κ3) is 2.05.